The Morgan fingerprint density at radius 2 is 2.25 bits per heavy atom. The normalized spacial score (nSPS) is 12.2. The molecule has 0 saturated heterocycles. The topological polar surface area (TPSA) is 20.2 Å². The second-order valence-corrected chi connectivity index (χ2v) is 3.00. The number of halogens is 1. The van der Waals surface area contributed by atoms with Gasteiger partial charge in [-0.1, -0.05) is 29.7 Å². The van der Waals surface area contributed by atoms with E-state index in [0.29, 0.717) is 10.6 Å². The molecule has 62 valence electrons. The number of terminal acetylenes is 1. The van der Waals surface area contributed by atoms with Crippen LogP contribution in [0.2, 0.25) is 5.02 Å². The first-order valence-corrected chi connectivity index (χ1v) is 3.93. The largest absolute Gasteiger partial charge is 0.376 e. The van der Waals surface area contributed by atoms with Gasteiger partial charge >= 0.3 is 0 Å². The minimum Gasteiger partial charge on any atom is -0.376 e. The Labute approximate surface area is 77.0 Å². The van der Waals surface area contributed by atoms with E-state index in [4.69, 9.17) is 18.0 Å². The molecule has 0 aliphatic carbocycles. The van der Waals surface area contributed by atoms with Crippen LogP contribution >= 0.6 is 11.6 Å². The molecule has 1 rings (SSSR count). The van der Waals surface area contributed by atoms with Crippen molar-refractivity contribution >= 4 is 11.6 Å². The predicted octanol–water partition coefficient (Wildman–Crippen LogP) is 2.32. The summed E-state index contributed by atoms with van der Waals surface area (Å²) in [6.45, 7) is 1.93. The Balaban J connectivity index is 3.11. The number of aryl methyl sites for hydroxylation is 1. The number of aliphatic hydroxyl groups excluding tert-OH is 1. The van der Waals surface area contributed by atoms with Crippen LogP contribution in [0, 0.1) is 19.3 Å². The summed E-state index contributed by atoms with van der Waals surface area (Å²) in [5, 5.41) is 9.79. The standard InChI is InChI=1S/C10H9ClO/c1-3-10(12)8-5-4-7(2)6-9(8)11/h1,4-6,10,12H,2H3. The Morgan fingerprint density at radius 3 is 2.75 bits per heavy atom. The molecule has 12 heavy (non-hydrogen) atoms. The second-order valence-electron chi connectivity index (χ2n) is 2.59. The average Bonchev–Trinajstić information content (AvgIpc) is 2.03. The first kappa shape index (κ1) is 9.12. The molecular formula is C10H9ClO. The second kappa shape index (κ2) is 3.62. The molecule has 1 N–H and O–H groups in total. The molecule has 0 radical (unpaired) electrons. The van der Waals surface area contributed by atoms with Gasteiger partial charge in [-0.05, 0) is 18.6 Å². The van der Waals surface area contributed by atoms with Crippen LogP contribution in [0.3, 0.4) is 0 Å². The zero-order chi connectivity index (χ0) is 9.14. The third kappa shape index (κ3) is 1.79. The molecule has 0 amide bonds. The molecule has 0 fully saturated rings. The van der Waals surface area contributed by atoms with Gasteiger partial charge in [0.15, 0.2) is 0 Å². The highest BCUT2D eigenvalue weighted by Gasteiger charge is 2.07. The predicted molar refractivity (Wildman–Crippen MR) is 50.0 cm³/mol. The van der Waals surface area contributed by atoms with Crippen LogP contribution in [-0.4, -0.2) is 5.11 Å². The van der Waals surface area contributed by atoms with Crippen molar-refractivity contribution in [1.82, 2.24) is 0 Å². The SMILES string of the molecule is C#CC(O)c1ccc(C)cc1Cl. The van der Waals surface area contributed by atoms with E-state index >= 15 is 0 Å². The van der Waals surface area contributed by atoms with Crippen LogP contribution in [-0.2, 0) is 0 Å². The van der Waals surface area contributed by atoms with Crippen molar-refractivity contribution in [2.75, 3.05) is 0 Å². The fourth-order valence-electron chi connectivity index (χ4n) is 0.944. The van der Waals surface area contributed by atoms with Crippen molar-refractivity contribution < 1.29 is 5.11 Å². The minimum atomic E-state index is -0.905. The number of hydrogen-bond acceptors (Lipinski definition) is 1. The van der Waals surface area contributed by atoms with Crippen LogP contribution in [0.25, 0.3) is 0 Å². The van der Waals surface area contributed by atoms with Crippen molar-refractivity contribution in [3.63, 3.8) is 0 Å². The Hall–Kier alpha value is -0.970. The quantitative estimate of drug-likeness (QED) is 0.658. The lowest BCUT2D eigenvalue weighted by atomic mass is 10.1. The van der Waals surface area contributed by atoms with Gasteiger partial charge in [-0.3, -0.25) is 0 Å². The summed E-state index contributed by atoms with van der Waals surface area (Å²) in [5.41, 5.74) is 1.64. The van der Waals surface area contributed by atoms with E-state index in [9.17, 15) is 5.11 Å². The molecule has 1 aromatic rings. The first-order valence-electron chi connectivity index (χ1n) is 3.55. The summed E-state index contributed by atoms with van der Waals surface area (Å²) < 4.78 is 0. The Morgan fingerprint density at radius 1 is 1.58 bits per heavy atom. The molecule has 0 bridgehead atoms. The van der Waals surface area contributed by atoms with E-state index in [1.807, 2.05) is 13.0 Å². The van der Waals surface area contributed by atoms with Crippen LogP contribution in [0.5, 0.6) is 0 Å². The fourth-order valence-corrected chi connectivity index (χ4v) is 1.28. The zero-order valence-corrected chi connectivity index (χ0v) is 7.47. The highest BCUT2D eigenvalue weighted by Crippen LogP contribution is 2.23. The van der Waals surface area contributed by atoms with Gasteiger partial charge in [0.05, 0.1) is 0 Å². The summed E-state index contributed by atoms with van der Waals surface area (Å²) in [7, 11) is 0. The summed E-state index contributed by atoms with van der Waals surface area (Å²) in [6.07, 6.45) is 4.15. The molecule has 0 spiro atoms. The molecular weight excluding hydrogens is 172 g/mol. The molecule has 1 nitrogen and oxygen atoms in total. The summed E-state index contributed by atoms with van der Waals surface area (Å²) >= 11 is 5.85. The van der Waals surface area contributed by atoms with Crippen LogP contribution in [0.4, 0.5) is 0 Å². The van der Waals surface area contributed by atoms with E-state index in [2.05, 4.69) is 5.92 Å². The Bertz CT molecular complexity index is 325. The molecule has 0 heterocycles. The molecule has 1 atom stereocenters. The zero-order valence-electron chi connectivity index (χ0n) is 6.71. The Kier molecular flexibility index (Phi) is 2.75. The van der Waals surface area contributed by atoms with Crippen LogP contribution < -0.4 is 0 Å². The molecule has 0 saturated carbocycles. The molecule has 1 unspecified atom stereocenters. The fraction of sp³-hybridized carbons (Fsp3) is 0.200. The van der Waals surface area contributed by atoms with E-state index in [1.165, 1.54) is 0 Å². The van der Waals surface area contributed by atoms with Crippen molar-refractivity contribution in [2.45, 2.75) is 13.0 Å². The smallest absolute Gasteiger partial charge is 0.141 e. The number of aliphatic hydroxyl groups is 1. The maximum absolute atomic E-state index is 9.28. The van der Waals surface area contributed by atoms with Gasteiger partial charge in [-0.15, -0.1) is 6.42 Å². The third-order valence-electron chi connectivity index (χ3n) is 1.61. The van der Waals surface area contributed by atoms with Crippen molar-refractivity contribution in [2.24, 2.45) is 0 Å². The van der Waals surface area contributed by atoms with Gasteiger partial charge in [-0.2, -0.15) is 0 Å². The summed E-state index contributed by atoms with van der Waals surface area (Å²) in [5.74, 6) is 2.21. The average molecular weight is 181 g/mol. The molecule has 0 aromatic heterocycles. The van der Waals surface area contributed by atoms with Crippen molar-refractivity contribution in [3.8, 4) is 12.3 Å². The van der Waals surface area contributed by atoms with Crippen molar-refractivity contribution in [1.29, 1.82) is 0 Å². The highest BCUT2D eigenvalue weighted by molar-refractivity contribution is 6.31. The van der Waals surface area contributed by atoms with E-state index in [0.717, 1.165) is 5.56 Å². The van der Waals surface area contributed by atoms with E-state index in [1.54, 1.807) is 12.1 Å². The summed E-state index contributed by atoms with van der Waals surface area (Å²) in [4.78, 5) is 0. The summed E-state index contributed by atoms with van der Waals surface area (Å²) in [6, 6.07) is 5.38. The monoisotopic (exact) mass is 180 g/mol. The minimum absolute atomic E-state index is 0.514. The van der Waals surface area contributed by atoms with Crippen LogP contribution in [0.15, 0.2) is 18.2 Å². The number of benzene rings is 1. The third-order valence-corrected chi connectivity index (χ3v) is 1.94. The molecule has 1 aromatic carbocycles. The van der Waals surface area contributed by atoms with E-state index < -0.39 is 6.10 Å². The molecule has 0 aliphatic rings. The van der Waals surface area contributed by atoms with Gasteiger partial charge in [-0.25, -0.2) is 0 Å². The lowest BCUT2D eigenvalue weighted by Gasteiger charge is -2.06. The number of hydrogen-bond donors (Lipinski definition) is 1. The van der Waals surface area contributed by atoms with Gasteiger partial charge in [0, 0.05) is 10.6 Å². The van der Waals surface area contributed by atoms with Gasteiger partial charge < -0.3 is 5.11 Å². The maximum atomic E-state index is 9.28. The van der Waals surface area contributed by atoms with Gasteiger partial charge in [0.1, 0.15) is 6.10 Å². The van der Waals surface area contributed by atoms with Gasteiger partial charge in [0.2, 0.25) is 0 Å². The highest BCUT2D eigenvalue weighted by atomic mass is 35.5. The van der Waals surface area contributed by atoms with E-state index in [-0.39, 0.29) is 0 Å². The lowest BCUT2D eigenvalue weighted by molar-refractivity contribution is 0.238. The lowest BCUT2D eigenvalue weighted by Crippen LogP contribution is -1.94. The maximum Gasteiger partial charge on any atom is 0.141 e. The first-order chi connectivity index (χ1) is 5.65. The van der Waals surface area contributed by atoms with Crippen LogP contribution in [0.1, 0.15) is 17.2 Å². The molecule has 0 aliphatic heterocycles. The molecule has 2 heteroatoms. The van der Waals surface area contributed by atoms with Crippen molar-refractivity contribution in [3.05, 3.63) is 34.3 Å². The number of rotatable bonds is 1. The van der Waals surface area contributed by atoms with Gasteiger partial charge in [0.25, 0.3) is 0 Å².